The zero-order valence-electron chi connectivity index (χ0n) is 11.3. The highest BCUT2D eigenvalue weighted by Crippen LogP contribution is 2.34. The quantitative estimate of drug-likeness (QED) is 0.682. The summed E-state index contributed by atoms with van der Waals surface area (Å²) in [5, 5.41) is 2.49. The van der Waals surface area contributed by atoms with E-state index in [0.717, 1.165) is 0 Å². The Morgan fingerprint density at radius 1 is 1.43 bits per heavy atom. The van der Waals surface area contributed by atoms with Crippen LogP contribution in [0.2, 0.25) is 5.02 Å². The smallest absolute Gasteiger partial charge is 0.249 e. The number of carbonyl (C=O) groups is 2. The highest BCUT2D eigenvalue weighted by atomic mass is 35.5. The van der Waals surface area contributed by atoms with Crippen LogP contribution in [0.1, 0.15) is 37.0 Å². The molecule has 5 nitrogen and oxygen atoms in total. The number of imide groups is 1. The Kier molecular flexibility index (Phi) is 3.63. The monoisotopic (exact) mass is 325 g/mol. The van der Waals surface area contributed by atoms with E-state index in [0.29, 0.717) is 28.3 Å². The third kappa shape index (κ3) is 2.40. The Morgan fingerprint density at radius 2 is 2.19 bits per heavy atom. The van der Waals surface area contributed by atoms with Gasteiger partial charge in [0.2, 0.25) is 11.8 Å². The molecule has 0 bridgehead atoms. The predicted molar refractivity (Wildman–Crippen MR) is 80.4 cm³/mol. The molecule has 1 aromatic heterocycles. The van der Waals surface area contributed by atoms with Gasteiger partial charge < -0.3 is 4.57 Å². The first-order chi connectivity index (χ1) is 9.99. The van der Waals surface area contributed by atoms with Crippen LogP contribution in [-0.4, -0.2) is 21.4 Å². The summed E-state index contributed by atoms with van der Waals surface area (Å²) in [6, 6.07) is 4.85. The van der Waals surface area contributed by atoms with Gasteiger partial charge in [0.15, 0.2) is 0 Å². The second kappa shape index (κ2) is 5.31. The Bertz CT molecular complexity index is 739. The molecular formula is C14H13Cl2N3O2. The highest BCUT2D eigenvalue weighted by Gasteiger charge is 2.32. The third-order valence-corrected chi connectivity index (χ3v) is 4.07. The number of nitrogens with zero attached hydrogens (tertiary/aromatic N) is 2. The van der Waals surface area contributed by atoms with Gasteiger partial charge in [-0.25, -0.2) is 4.98 Å². The van der Waals surface area contributed by atoms with Crippen molar-refractivity contribution in [3.05, 3.63) is 29.0 Å². The van der Waals surface area contributed by atoms with Gasteiger partial charge >= 0.3 is 0 Å². The van der Waals surface area contributed by atoms with Gasteiger partial charge in [-0.15, -0.1) is 11.6 Å². The molecule has 7 heteroatoms. The number of nitrogens with one attached hydrogen (secondary N) is 1. The number of para-hydroxylation sites is 1. The summed E-state index contributed by atoms with van der Waals surface area (Å²) < 4.78 is 1.76. The van der Waals surface area contributed by atoms with Crippen LogP contribution in [0.4, 0.5) is 0 Å². The van der Waals surface area contributed by atoms with Crippen LogP contribution in [-0.2, 0) is 9.59 Å². The molecule has 2 amide bonds. The number of benzene rings is 1. The molecule has 1 aromatic carbocycles. The molecular weight excluding hydrogens is 313 g/mol. The molecule has 2 unspecified atom stereocenters. The lowest BCUT2D eigenvalue weighted by Gasteiger charge is -2.25. The summed E-state index contributed by atoms with van der Waals surface area (Å²) in [6.45, 7) is 1.79. The minimum Gasteiger partial charge on any atom is -0.313 e. The van der Waals surface area contributed by atoms with Crippen molar-refractivity contribution < 1.29 is 9.59 Å². The van der Waals surface area contributed by atoms with Crippen molar-refractivity contribution >= 4 is 46.0 Å². The molecule has 21 heavy (non-hydrogen) atoms. The SMILES string of the molecule is CC(Cl)c1nc2cccc(Cl)c2n1C1CCC(=O)NC1=O. The molecule has 1 saturated heterocycles. The standard InChI is InChI=1S/C14H13Cl2N3O2/c1-7(15)13-17-9-4-2-3-8(16)12(9)19(13)10-5-6-11(20)18-14(10)21/h2-4,7,10H,5-6H2,1H3,(H,18,20,21). The summed E-state index contributed by atoms with van der Waals surface area (Å²) in [6.07, 6.45) is 0.703. The number of halogens is 2. The average Bonchev–Trinajstić information content (AvgIpc) is 2.80. The van der Waals surface area contributed by atoms with E-state index < -0.39 is 6.04 Å². The van der Waals surface area contributed by atoms with E-state index in [1.165, 1.54) is 0 Å². The van der Waals surface area contributed by atoms with Gasteiger partial charge in [-0.2, -0.15) is 0 Å². The van der Waals surface area contributed by atoms with E-state index >= 15 is 0 Å². The largest absolute Gasteiger partial charge is 0.313 e. The number of aromatic nitrogens is 2. The van der Waals surface area contributed by atoms with Crippen LogP contribution in [0.25, 0.3) is 11.0 Å². The first-order valence-electron chi connectivity index (χ1n) is 6.63. The maximum absolute atomic E-state index is 12.2. The van der Waals surface area contributed by atoms with Crippen LogP contribution < -0.4 is 5.32 Å². The zero-order valence-corrected chi connectivity index (χ0v) is 12.8. The number of piperidine rings is 1. The first kappa shape index (κ1) is 14.4. The normalized spacial score (nSPS) is 20.6. The number of rotatable bonds is 2. The number of hydrogen-bond acceptors (Lipinski definition) is 3. The minimum atomic E-state index is -0.524. The molecule has 0 saturated carbocycles. The summed E-state index contributed by atoms with van der Waals surface area (Å²) in [5.41, 5.74) is 1.37. The van der Waals surface area contributed by atoms with E-state index in [9.17, 15) is 9.59 Å². The maximum atomic E-state index is 12.2. The molecule has 2 atom stereocenters. The van der Waals surface area contributed by atoms with E-state index in [-0.39, 0.29) is 23.6 Å². The van der Waals surface area contributed by atoms with Crippen LogP contribution in [0, 0.1) is 0 Å². The van der Waals surface area contributed by atoms with Gasteiger partial charge in [0, 0.05) is 6.42 Å². The molecule has 0 aliphatic carbocycles. The number of fused-ring (bicyclic) bond motifs is 1. The van der Waals surface area contributed by atoms with E-state index in [2.05, 4.69) is 10.3 Å². The van der Waals surface area contributed by atoms with E-state index in [4.69, 9.17) is 23.2 Å². The molecule has 1 fully saturated rings. The first-order valence-corrected chi connectivity index (χ1v) is 7.44. The van der Waals surface area contributed by atoms with Crippen molar-refractivity contribution in [3.8, 4) is 0 Å². The molecule has 0 radical (unpaired) electrons. The summed E-state index contributed by atoms with van der Waals surface area (Å²) in [5.74, 6) is -0.0226. The molecule has 1 N–H and O–H groups in total. The van der Waals surface area contributed by atoms with Gasteiger partial charge in [0.1, 0.15) is 11.9 Å². The molecule has 3 rings (SSSR count). The van der Waals surface area contributed by atoms with Gasteiger partial charge in [-0.1, -0.05) is 17.7 Å². The summed E-state index contributed by atoms with van der Waals surface area (Å²) >= 11 is 12.5. The molecule has 1 aliphatic rings. The van der Waals surface area contributed by atoms with Crippen LogP contribution in [0.5, 0.6) is 0 Å². The van der Waals surface area contributed by atoms with Crippen LogP contribution in [0.3, 0.4) is 0 Å². The summed E-state index contributed by atoms with van der Waals surface area (Å²) in [4.78, 5) is 28.0. The fraction of sp³-hybridized carbons (Fsp3) is 0.357. The number of hydrogen-bond donors (Lipinski definition) is 1. The second-order valence-corrected chi connectivity index (χ2v) is 6.09. The second-order valence-electron chi connectivity index (χ2n) is 5.03. The topological polar surface area (TPSA) is 64.0 Å². The average molecular weight is 326 g/mol. The molecule has 0 spiro atoms. The van der Waals surface area contributed by atoms with E-state index in [1.54, 1.807) is 23.6 Å². The summed E-state index contributed by atoms with van der Waals surface area (Å²) in [7, 11) is 0. The van der Waals surface area contributed by atoms with E-state index in [1.807, 2.05) is 6.07 Å². The van der Waals surface area contributed by atoms with Crippen molar-refractivity contribution in [2.24, 2.45) is 0 Å². The minimum absolute atomic E-state index is 0.257. The third-order valence-electron chi connectivity index (χ3n) is 3.57. The molecule has 2 heterocycles. The Hall–Kier alpha value is -1.59. The number of amides is 2. The van der Waals surface area contributed by atoms with Crippen molar-refractivity contribution in [2.75, 3.05) is 0 Å². The van der Waals surface area contributed by atoms with Crippen molar-refractivity contribution in [3.63, 3.8) is 0 Å². The lowest BCUT2D eigenvalue weighted by Crippen LogP contribution is -2.42. The Balaban J connectivity index is 2.22. The molecule has 2 aromatic rings. The number of carbonyl (C=O) groups excluding carboxylic acids is 2. The fourth-order valence-electron chi connectivity index (χ4n) is 2.65. The lowest BCUT2D eigenvalue weighted by atomic mass is 10.1. The van der Waals surface area contributed by atoms with Crippen molar-refractivity contribution in [2.45, 2.75) is 31.2 Å². The fourth-order valence-corrected chi connectivity index (χ4v) is 3.06. The van der Waals surface area contributed by atoms with Crippen molar-refractivity contribution in [1.82, 2.24) is 14.9 Å². The van der Waals surface area contributed by atoms with Crippen molar-refractivity contribution in [1.29, 1.82) is 0 Å². The van der Waals surface area contributed by atoms with Gasteiger partial charge in [0.25, 0.3) is 0 Å². The molecule has 1 aliphatic heterocycles. The number of alkyl halides is 1. The zero-order chi connectivity index (χ0) is 15.1. The van der Waals surface area contributed by atoms with Gasteiger partial charge in [-0.05, 0) is 25.5 Å². The molecule has 110 valence electrons. The van der Waals surface area contributed by atoms with Crippen LogP contribution in [0.15, 0.2) is 18.2 Å². The Labute approximate surface area is 131 Å². The maximum Gasteiger partial charge on any atom is 0.249 e. The van der Waals surface area contributed by atoms with Crippen LogP contribution >= 0.6 is 23.2 Å². The van der Waals surface area contributed by atoms with Gasteiger partial charge in [0.05, 0.1) is 21.4 Å². The lowest BCUT2D eigenvalue weighted by molar-refractivity contribution is -0.135. The predicted octanol–water partition coefficient (Wildman–Crippen LogP) is 2.97. The Morgan fingerprint density at radius 3 is 2.86 bits per heavy atom. The van der Waals surface area contributed by atoms with Gasteiger partial charge in [-0.3, -0.25) is 14.9 Å². The highest BCUT2D eigenvalue weighted by molar-refractivity contribution is 6.35. The number of imidazole rings is 1.